The highest BCUT2D eigenvalue weighted by Crippen LogP contribution is 2.27. The molecule has 0 bridgehead atoms. The van der Waals surface area contributed by atoms with Gasteiger partial charge in [0.05, 0.1) is 29.8 Å². The number of piperidine rings is 1. The number of nitrogens with zero attached hydrogens (tertiary/aromatic N) is 2. The number of anilines is 1. The maximum Gasteiger partial charge on any atom is 0.335 e. The molecular formula is C16H18N2O5. The third-order valence-corrected chi connectivity index (χ3v) is 4.44. The van der Waals surface area contributed by atoms with E-state index in [9.17, 15) is 19.5 Å². The molecule has 1 aromatic rings. The van der Waals surface area contributed by atoms with Crippen molar-refractivity contribution in [1.29, 1.82) is 0 Å². The van der Waals surface area contributed by atoms with Crippen molar-refractivity contribution < 1.29 is 24.6 Å². The van der Waals surface area contributed by atoms with Gasteiger partial charge in [0, 0.05) is 13.1 Å². The lowest BCUT2D eigenvalue weighted by Gasteiger charge is -2.32. The number of likely N-dealkylation sites (tertiary alicyclic amines) is 1. The summed E-state index contributed by atoms with van der Waals surface area (Å²) < 4.78 is 0. The number of carboxylic acids is 1. The van der Waals surface area contributed by atoms with Crippen LogP contribution in [0.3, 0.4) is 0 Å². The second-order valence-electron chi connectivity index (χ2n) is 5.91. The number of rotatable bonds is 3. The standard InChI is InChI=1S/C16H18N2O5/c19-12-5-7-17(8-6-12)13-9-14(20)18(15(13)21)11-3-1-10(2-4-11)16(22)23/h1-4,12-13,19H,5-9H2,(H,22,23). The van der Waals surface area contributed by atoms with Crippen molar-refractivity contribution in [2.45, 2.75) is 31.4 Å². The van der Waals surface area contributed by atoms with Gasteiger partial charge in [-0.25, -0.2) is 9.69 Å². The van der Waals surface area contributed by atoms with Crippen LogP contribution in [-0.2, 0) is 9.59 Å². The molecule has 0 aromatic heterocycles. The number of aliphatic hydroxyl groups excluding tert-OH is 1. The lowest BCUT2D eigenvalue weighted by atomic mass is 10.1. The van der Waals surface area contributed by atoms with Gasteiger partial charge in [-0.15, -0.1) is 0 Å². The molecule has 2 aliphatic heterocycles. The molecule has 7 nitrogen and oxygen atoms in total. The molecule has 1 atom stereocenters. The first kappa shape index (κ1) is 15.6. The Bertz CT molecular complexity index is 634. The van der Waals surface area contributed by atoms with Crippen LogP contribution in [0.1, 0.15) is 29.6 Å². The smallest absolute Gasteiger partial charge is 0.335 e. The van der Waals surface area contributed by atoms with E-state index in [0.29, 0.717) is 31.6 Å². The van der Waals surface area contributed by atoms with E-state index < -0.39 is 12.0 Å². The fraction of sp³-hybridized carbons (Fsp3) is 0.438. The maximum absolute atomic E-state index is 12.6. The number of benzene rings is 1. The summed E-state index contributed by atoms with van der Waals surface area (Å²) >= 11 is 0. The van der Waals surface area contributed by atoms with Crippen molar-refractivity contribution >= 4 is 23.5 Å². The van der Waals surface area contributed by atoms with E-state index in [2.05, 4.69) is 0 Å². The highest BCUT2D eigenvalue weighted by Gasteiger charge is 2.43. The molecule has 1 unspecified atom stereocenters. The third-order valence-electron chi connectivity index (χ3n) is 4.44. The summed E-state index contributed by atoms with van der Waals surface area (Å²) in [5, 5.41) is 18.5. The van der Waals surface area contributed by atoms with Crippen molar-refractivity contribution in [2.24, 2.45) is 0 Å². The SMILES string of the molecule is O=C(O)c1ccc(N2C(=O)CC(N3CCC(O)CC3)C2=O)cc1. The Morgan fingerprint density at radius 1 is 1.09 bits per heavy atom. The van der Waals surface area contributed by atoms with Gasteiger partial charge in [0.25, 0.3) is 5.91 Å². The van der Waals surface area contributed by atoms with E-state index in [1.54, 1.807) is 0 Å². The molecule has 0 saturated carbocycles. The lowest BCUT2D eigenvalue weighted by Crippen LogP contribution is -2.46. The normalized spacial score (nSPS) is 23.5. The average molecular weight is 318 g/mol. The minimum absolute atomic E-state index is 0.106. The fourth-order valence-electron chi connectivity index (χ4n) is 3.12. The van der Waals surface area contributed by atoms with Crippen LogP contribution < -0.4 is 4.90 Å². The lowest BCUT2D eigenvalue weighted by molar-refractivity contribution is -0.123. The van der Waals surface area contributed by atoms with Gasteiger partial charge in [-0.2, -0.15) is 0 Å². The zero-order chi connectivity index (χ0) is 16.6. The summed E-state index contributed by atoms with van der Waals surface area (Å²) in [6, 6.07) is 5.21. The monoisotopic (exact) mass is 318 g/mol. The van der Waals surface area contributed by atoms with E-state index in [-0.39, 0.29) is 29.9 Å². The molecule has 2 amide bonds. The Balaban J connectivity index is 1.77. The number of imide groups is 1. The van der Waals surface area contributed by atoms with Crippen molar-refractivity contribution in [3.8, 4) is 0 Å². The molecule has 2 N–H and O–H groups in total. The van der Waals surface area contributed by atoms with Gasteiger partial charge in [0.2, 0.25) is 5.91 Å². The van der Waals surface area contributed by atoms with E-state index in [4.69, 9.17) is 5.11 Å². The molecule has 0 radical (unpaired) electrons. The van der Waals surface area contributed by atoms with E-state index in [0.717, 1.165) is 4.90 Å². The molecule has 122 valence electrons. The number of hydrogen-bond donors (Lipinski definition) is 2. The number of aromatic carboxylic acids is 1. The number of carbonyl (C=O) groups is 3. The summed E-state index contributed by atoms with van der Waals surface area (Å²) in [6.07, 6.45) is 0.990. The largest absolute Gasteiger partial charge is 0.478 e. The van der Waals surface area contributed by atoms with Crippen LogP contribution >= 0.6 is 0 Å². The number of aliphatic hydroxyl groups is 1. The van der Waals surface area contributed by atoms with Gasteiger partial charge in [-0.05, 0) is 37.1 Å². The molecule has 1 aromatic carbocycles. The van der Waals surface area contributed by atoms with Crippen molar-refractivity contribution in [1.82, 2.24) is 4.90 Å². The van der Waals surface area contributed by atoms with Gasteiger partial charge in [-0.1, -0.05) is 0 Å². The summed E-state index contributed by atoms with van der Waals surface area (Å²) in [7, 11) is 0. The van der Waals surface area contributed by atoms with Gasteiger partial charge < -0.3 is 10.2 Å². The second-order valence-corrected chi connectivity index (χ2v) is 5.91. The van der Waals surface area contributed by atoms with E-state index >= 15 is 0 Å². The van der Waals surface area contributed by atoms with Crippen molar-refractivity contribution in [3.63, 3.8) is 0 Å². The van der Waals surface area contributed by atoms with Crippen LogP contribution in [0.5, 0.6) is 0 Å². The zero-order valence-electron chi connectivity index (χ0n) is 12.5. The molecule has 0 spiro atoms. The number of carboxylic acid groups (broad SMARTS) is 1. The quantitative estimate of drug-likeness (QED) is 0.786. The topological polar surface area (TPSA) is 98.2 Å². The van der Waals surface area contributed by atoms with Crippen LogP contribution in [0.15, 0.2) is 24.3 Å². The van der Waals surface area contributed by atoms with Crippen LogP contribution in [0.2, 0.25) is 0 Å². The maximum atomic E-state index is 12.6. The molecule has 2 saturated heterocycles. The summed E-state index contributed by atoms with van der Waals surface area (Å²) in [4.78, 5) is 38.8. The Kier molecular flexibility index (Phi) is 4.14. The predicted octanol–water partition coefficient (Wildman–Crippen LogP) is 0.473. The summed E-state index contributed by atoms with van der Waals surface area (Å²) in [5.41, 5.74) is 0.499. The molecule has 23 heavy (non-hydrogen) atoms. The Labute approximate surface area is 133 Å². The minimum atomic E-state index is -1.06. The van der Waals surface area contributed by atoms with Gasteiger partial charge in [0.15, 0.2) is 0 Å². The minimum Gasteiger partial charge on any atom is -0.478 e. The molecular weight excluding hydrogens is 300 g/mol. The predicted molar refractivity (Wildman–Crippen MR) is 81.1 cm³/mol. The average Bonchev–Trinajstić information content (AvgIpc) is 2.83. The van der Waals surface area contributed by atoms with Crippen molar-refractivity contribution in [3.05, 3.63) is 29.8 Å². The molecule has 0 aliphatic carbocycles. The second kappa shape index (κ2) is 6.10. The van der Waals surface area contributed by atoms with Crippen LogP contribution in [0.4, 0.5) is 5.69 Å². The summed E-state index contributed by atoms with van der Waals surface area (Å²) in [5.74, 6) is -1.62. The first-order valence-electron chi connectivity index (χ1n) is 7.59. The number of amides is 2. The number of carbonyl (C=O) groups excluding carboxylic acids is 2. The first-order valence-corrected chi connectivity index (χ1v) is 7.59. The highest BCUT2D eigenvalue weighted by molar-refractivity contribution is 6.22. The van der Waals surface area contributed by atoms with Crippen LogP contribution in [-0.4, -0.2) is 58.1 Å². The molecule has 7 heteroatoms. The van der Waals surface area contributed by atoms with Gasteiger partial charge >= 0.3 is 5.97 Å². The molecule has 3 rings (SSSR count). The fourth-order valence-corrected chi connectivity index (χ4v) is 3.12. The van der Waals surface area contributed by atoms with Crippen molar-refractivity contribution in [2.75, 3.05) is 18.0 Å². The van der Waals surface area contributed by atoms with Crippen LogP contribution in [0, 0.1) is 0 Å². The van der Waals surface area contributed by atoms with E-state index in [1.165, 1.54) is 24.3 Å². The molecule has 2 heterocycles. The Hall–Kier alpha value is -2.25. The first-order chi connectivity index (χ1) is 11.0. The van der Waals surface area contributed by atoms with Crippen LogP contribution in [0.25, 0.3) is 0 Å². The number of hydrogen-bond acceptors (Lipinski definition) is 5. The van der Waals surface area contributed by atoms with Gasteiger partial charge in [-0.3, -0.25) is 14.5 Å². The Morgan fingerprint density at radius 3 is 2.26 bits per heavy atom. The third kappa shape index (κ3) is 2.97. The molecule has 2 aliphatic rings. The molecule has 2 fully saturated rings. The zero-order valence-corrected chi connectivity index (χ0v) is 12.5. The Morgan fingerprint density at radius 2 is 1.70 bits per heavy atom. The highest BCUT2D eigenvalue weighted by atomic mass is 16.4. The summed E-state index contributed by atoms with van der Waals surface area (Å²) in [6.45, 7) is 1.19. The van der Waals surface area contributed by atoms with Gasteiger partial charge in [0.1, 0.15) is 0 Å². The van der Waals surface area contributed by atoms with E-state index in [1.807, 2.05) is 4.90 Å².